The number of hydrogen-bond donors (Lipinski definition) is 1. The molecule has 2 nitrogen and oxygen atoms in total. The number of benzene rings is 2. The summed E-state index contributed by atoms with van der Waals surface area (Å²) in [6.45, 7) is 6.58. The first-order valence-electron chi connectivity index (χ1n) is 7.13. The monoisotopic (exact) mass is 281 g/mol. The van der Waals surface area contributed by atoms with Gasteiger partial charge in [-0.3, -0.25) is 0 Å². The van der Waals surface area contributed by atoms with Crippen LogP contribution in [0.3, 0.4) is 0 Å². The zero-order valence-corrected chi connectivity index (χ0v) is 13.2. The first-order valence-corrected chi connectivity index (χ1v) is 7.13. The molecule has 2 heteroatoms. The topological polar surface area (TPSA) is 35.2 Å². The van der Waals surface area contributed by atoms with E-state index in [1.807, 2.05) is 24.3 Å². The van der Waals surface area contributed by atoms with E-state index in [0.717, 1.165) is 22.6 Å². The average molecular weight is 281 g/mol. The van der Waals surface area contributed by atoms with Crippen molar-refractivity contribution in [3.05, 3.63) is 59.2 Å². The third kappa shape index (κ3) is 3.66. The van der Waals surface area contributed by atoms with Crippen molar-refractivity contribution in [3.63, 3.8) is 0 Å². The van der Waals surface area contributed by atoms with Crippen molar-refractivity contribution in [2.45, 2.75) is 26.2 Å². The Morgan fingerprint density at radius 1 is 0.952 bits per heavy atom. The number of nitrogens with two attached hydrogens (primary N) is 1. The molecule has 21 heavy (non-hydrogen) atoms. The molecule has 0 spiro atoms. The van der Waals surface area contributed by atoms with Crippen LogP contribution in [0.25, 0.3) is 12.2 Å². The van der Waals surface area contributed by atoms with Crippen LogP contribution in [0.15, 0.2) is 42.5 Å². The van der Waals surface area contributed by atoms with E-state index in [0.29, 0.717) is 0 Å². The molecule has 0 fully saturated rings. The number of ether oxygens (including phenoxy) is 1. The quantitative estimate of drug-likeness (QED) is 0.651. The largest absolute Gasteiger partial charge is 0.496 e. The van der Waals surface area contributed by atoms with E-state index in [4.69, 9.17) is 10.5 Å². The second kappa shape index (κ2) is 6.04. The first-order chi connectivity index (χ1) is 9.91. The summed E-state index contributed by atoms with van der Waals surface area (Å²) >= 11 is 0. The molecule has 0 bridgehead atoms. The van der Waals surface area contributed by atoms with Gasteiger partial charge in [-0.25, -0.2) is 0 Å². The summed E-state index contributed by atoms with van der Waals surface area (Å²) in [5, 5.41) is 0. The fourth-order valence-corrected chi connectivity index (χ4v) is 2.30. The standard InChI is InChI=1S/C19H23NO/c1-19(2,3)17-7-5-6-15(18(17)21-4)11-8-14-9-12-16(20)13-10-14/h5-13H,20H2,1-4H3. The Balaban J connectivity index is 2.38. The third-order valence-electron chi connectivity index (χ3n) is 3.45. The maximum absolute atomic E-state index is 5.70. The van der Waals surface area contributed by atoms with Gasteiger partial charge in [-0.05, 0) is 23.1 Å². The molecule has 0 saturated carbocycles. The molecule has 2 rings (SSSR count). The van der Waals surface area contributed by atoms with Crippen molar-refractivity contribution in [2.24, 2.45) is 0 Å². The fourth-order valence-electron chi connectivity index (χ4n) is 2.30. The molecule has 0 aliphatic carbocycles. The van der Waals surface area contributed by atoms with Crippen LogP contribution >= 0.6 is 0 Å². The molecule has 0 aliphatic heterocycles. The number of para-hydroxylation sites is 1. The zero-order chi connectivity index (χ0) is 15.5. The highest BCUT2D eigenvalue weighted by molar-refractivity contribution is 5.74. The predicted molar refractivity (Wildman–Crippen MR) is 91.5 cm³/mol. The van der Waals surface area contributed by atoms with Crippen molar-refractivity contribution in [3.8, 4) is 5.75 Å². The Labute approximate surface area is 127 Å². The molecule has 2 aromatic carbocycles. The Hall–Kier alpha value is -2.22. The molecule has 2 aromatic rings. The molecule has 0 aromatic heterocycles. The Morgan fingerprint density at radius 3 is 2.19 bits per heavy atom. The molecule has 2 N–H and O–H groups in total. The lowest BCUT2D eigenvalue weighted by Gasteiger charge is -2.23. The van der Waals surface area contributed by atoms with E-state index in [1.54, 1.807) is 7.11 Å². The van der Waals surface area contributed by atoms with E-state index >= 15 is 0 Å². The lowest BCUT2D eigenvalue weighted by atomic mass is 9.85. The van der Waals surface area contributed by atoms with E-state index < -0.39 is 0 Å². The number of rotatable bonds is 3. The summed E-state index contributed by atoms with van der Waals surface area (Å²) < 4.78 is 5.64. The van der Waals surface area contributed by atoms with E-state index in [9.17, 15) is 0 Å². The predicted octanol–water partition coefficient (Wildman–Crippen LogP) is 4.75. The molecule has 0 radical (unpaired) electrons. The van der Waals surface area contributed by atoms with Gasteiger partial charge >= 0.3 is 0 Å². The highest BCUT2D eigenvalue weighted by Gasteiger charge is 2.19. The van der Waals surface area contributed by atoms with E-state index in [1.165, 1.54) is 5.56 Å². The van der Waals surface area contributed by atoms with Gasteiger partial charge in [0, 0.05) is 16.8 Å². The maximum atomic E-state index is 5.70. The normalized spacial score (nSPS) is 11.8. The van der Waals surface area contributed by atoms with Gasteiger partial charge in [0.2, 0.25) is 0 Å². The van der Waals surface area contributed by atoms with Gasteiger partial charge in [-0.15, -0.1) is 0 Å². The van der Waals surface area contributed by atoms with Crippen LogP contribution in [0.2, 0.25) is 0 Å². The maximum Gasteiger partial charge on any atom is 0.129 e. The summed E-state index contributed by atoms with van der Waals surface area (Å²) in [7, 11) is 1.73. The molecule has 0 amide bonds. The van der Waals surface area contributed by atoms with Crippen molar-refractivity contribution in [1.29, 1.82) is 0 Å². The second-order valence-corrected chi connectivity index (χ2v) is 6.18. The highest BCUT2D eigenvalue weighted by Crippen LogP contribution is 2.34. The van der Waals surface area contributed by atoms with Gasteiger partial charge in [-0.1, -0.05) is 63.3 Å². The van der Waals surface area contributed by atoms with Crippen molar-refractivity contribution >= 4 is 17.8 Å². The molecule has 0 atom stereocenters. The number of anilines is 1. The van der Waals surface area contributed by atoms with Crippen LogP contribution in [0.5, 0.6) is 5.75 Å². The molecule has 0 aliphatic rings. The smallest absolute Gasteiger partial charge is 0.129 e. The minimum atomic E-state index is 0.0520. The Morgan fingerprint density at radius 2 is 1.62 bits per heavy atom. The minimum absolute atomic E-state index is 0.0520. The summed E-state index contributed by atoms with van der Waals surface area (Å²) in [5.41, 5.74) is 9.95. The third-order valence-corrected chi connectivity index (χ3v) is 3.45. The summed E-state index contributed by atoms with van der Waals surface area (Å²) in [4.78, 5) is 0. The first kappa shape index (κ1) is 15.2. The highest BCUT2D eigenvalue weighted by atomic mass is 16.5. The molecule has 0 unspecified atom stereocenters. The lowest BCUT2D eigenvalue weighted by molar-refractivity contribution is 0.396. The zero-order valence-electron chi connectivity index (χ0n) is 13.2. The summed E-state index contributed by atoms with van der Waals surface area (Å²) in [6.07, 6.45) is 4.16. The van der Waals surface area contributed by atoms with Crippen LogP contribution in [0.4, 0.5) is 5.69 Å². The summed E-state index contributed by atoms with van der Waals surface area (Å²) in [6, 6.07) is 14.1. The molecular formula is C19H23NO. The van der Waals surface area contributed by atoms with Gasteiger partial charge < -0.3 is 10.5 Å². The van der Waals surface area contributed by atoms with Gasteiger partial charge in [0.05, 0.1) is 7.11 Å². The van der Waals surface area contributed by atoms with E-state index in [2.05, 4.69) is 51.1 Å². The summed E-state index contributed by atoms with van der Waals surface area (Å²) in [5.74, 6) is 0.941. The lowest BCUT2D eigenvalue weighted by Crippen LogP contribution is -2.13. The van der Waals surface area contributed by atoms with Gasteiger partial charge in [-0.2, -0.15) is 0 Å². The van der Waals surface area contributed by atoms with Crippen molar-refractivity contribution < 1.29 is 4.74 Å². The Kier molecular flexibility index (Phi) is 4.37. The van der Waals surface area contributed by atoms with Crippen LogP contribution in [-0.2, 0) is 5.41 Å². The molecule has 0 heterocycles. The van der Waals surface area contributed by atoms with Crippen molar-refractivity contribution in [1.82, 2.24) is 0 Å². The van der Waals surface area contributed by atoms with Crippen molar-refractivity contribution in [2.75, 3.05) is 12.8 Å². The Bertz CT molecular complexity index is 634. The minimum Gasteiger partial charge on any atom is -0.496 e. The average Bonchev–Trinajstić information content (AvgIpc) is 2.45. The molecule has 110 valence electrons. The second-order valence-electron chi connectivity index (χ2n) is 6.18. The molecule has 0 saturated heterocycles. The number of methoxy groups -OCH3 is 1. The van der Waals surface area contributed by atoms with Gasteiger partial charge in [0.15, 0.2) is 0 Å². The SMILES string of the molecule is COc1c(C=Cc2ccc(N)cc2)cccc1C(C)(C)C. The van der Waals surface area contributed by atoms with Crippen LogP contribution in [-0.4, -0.2) is 7.11 Å². The van der Waals surface area contributed by atoms with Gasteiger partial charge in [0.1, 0.15) is 5.75 Å². The van der Waals surface area contributed by atoms with E-state index in [-0.39, 0.29) is 5.41 Å². The number of nitrogen functional groups attached to an aromatic ring is 1. The van der Waals surface area contributed by atoms with Crippen LogP contribution in [0.1, 0.15) is 37.5 Å². The van der Waals surface area contributed by atoms with Crippen LogP contribution < -0.4 is 10.5 Å². The molecular weight excluding hydrogens is 258 g/mol. The van der Waals surface area contributed by atoms with Crippen LogP contribution in [0, 0.1) is 0 Å². The number of hydrogen-bond acceptors (Lipinski definition) is 2. The fraction of sp³-hybridized carbons (Fsp3) is 0.263. The van der Waals surface area contributed by atoms with Gasteiger partial charge in [0.25, 0.3) is 0 Å².